The quantitative estimate of drug-likeness (QED) is 0.575. The maximum atomic E-state index is 12.7. The Hall–Kier alpha value is -1.80. The lowest BCUT2D eigenvalue weighted by molar-refractivity contribution is -0.291. The van der Waals surface area contributed by atoms with Gasteiger partial charge in [0, 0.05) is 26.5 Å². The monoisotopic (exact) mass is 478 g/mol. The molecule has 2 heterocycles. The van der Waals surface area contributed by atoms with Gasteiger partial charge in [0.25, 0.3) is 0 Å². The second-order valence-corrected chi connectivity index (χ2v) is 5.87. The van der Waals surface area contributed by atoms with Gasteiger partial charge < -0.3 is 0 Å². The lowest BCUT2D eigenvalue weighted by atomic mass is 10.2. The van der Waals surface area contributed by atoms with E-state index in [9.17, 15) is 43.9 Å². The average Bonchev–Trinajstić information content (AvgIpc) is 3.03. The van der Waals surface area contributed by atoms with E-state index >= 15 is 0 Å². The van der Waals surface area contributed by atoms with Crippen molar-refractivity contribution in [3.8, 4) is 0 Å². The molecule has 0 aliphatic heterocycles. The van der Waals surface area contributed by atoms with E-state index in [2.05, 4.69) is 26.1 Å². The SMILES string of the molecule is Cn1cc(Br)c(C(F)(F)C(F)(F)F)n1.Cn1ccc(C(F)(F)C(F)(F)F)n1. The molecule has 2 rings (SSSR count). The molecule has 0 aliphatic rings. The summed E-state index contributed by atoms with van der Waals surface area (Å²) in [5.74, 6) is -9.82. The molecule has 4 nitrogen and oxygen atoms in total. The third-order valence-corrected chi connectivity index (χ3v) is 3.41. The van der Waals surface area contributed by atoms with Gasteiger partial charge in [-0.15, -0.1) is 0 Å². The van der Waals surface area contributed by atoms with Crippen LogP contribution in [0.15, 0.2) is 22.9 Å². The summed E-state index contributed by atoms with van der Waals surface area (Å²) in [5.41, 5.74) is -2.62. The summed E-state index contributed by atoms with van der Waals surface area (Å²) >= 11 is 2.58. The van der Waals surface area contributed by atoms with E-state index in [1.165, 1.54) is 14.1 Å². The second-order valence-electron chi connectivity index (χ2n) is 5.02. The number of nitrogens with zero attached hydrogens (tertiary/aromatic N) is 4. The predicted octanol–water partition coefficient (Wildman–Crippen LogP) is 4.91. The van der Waals surface area contributed by atoms with Crippen molar-refractivity contribution < 1.29 is 43.9 Å². The highest BCUT2D eigenvalue weighted by atomic mass is 79.9. The zero-order valence-corrected chi connectivity index (χ0v) is 14.8. The van der Waals surface area contributed by atoms with E-state index in [4.69, 9.17) is 0 Å². The molecule has 0 atom stereocenters. The molecule has 0 N–H and O–H groups in total. The number of aromatic nitrogens is 4. The zero-order valence-electron chi connectivity index (χ0n) is 13.2. The third-order valence-electron chi connectivity index (χ3n) is 2.83. The van der Waals surface area contributed by atoms with Gasteiger partial charge in [-0.1, -0.05) is 0 Å². The molecule has 27 heavy (non-hydrogen) atoms. The van der Waals surface area contributed by atoms with Crippen molar-refractivity contribution in [2.24, 2.45) is 14.1 Å². The van der Waals surface area contributed by atoms with Crippen molar-refractivity contribution in [1.29, 1.82) is 0 Å². The summed E-state index contributed by atoms with van der Waals surface area (Å²) in [6.45, 7) is 0. The molecule has 0 spiro atoms. The van der Waals surface area contributed by atoms with Crippen molar-refractivity contribution in [2.45, 2.75) is 24.2 Å². The Labute approximate surface area is 152 Å². The van der Waals surface area contributed by atoms with E-state index in [-0.39, 0.29) is 4.47 Å². The molecule has 0 saturated heterocycles. The second kappa shape index (κ2) is 7.31. The minimum Gasteiger partial charge on any atom is -0.275 e. The molecular formula is C12H9BrF10N4. The van der Waals surface area contributed by atoms with Crippen molar-refractivity contribution in [3.63, 3.8) is 0 Å². The Kier molecular flexibility index (Phi) is 6.30. The Morgan fingerprint density at radius 1 is 0.778 bits per heavy atom. The van der Waals surface area contributed by atoms with E-state index in [1.807, 2.05) is 0 Å². The minimum atomic E-state index is -5.64. The minimum absolute atomic E-state index is 0.373. The zero-order chi connectivity index (χ0) is 21.4. The maximum Gasteiger partial charge on any atom is 0.459 e. The molecule has 0 aliphatic carbocycles. The van der Waals surface area contributed by atoms with Crippen LogP contribution in [0.3, 0.4) is 0 Å². The van der Waals surface area contributed by atoms with Crippen LogP contribution < -0.4 is 0 Å². The smallest absolute Gasteiger partial charge is 0.275 e. The van der Waals surface area contributed by atoms with E-state index in [0.717, 1.165) is 21.8 Å². The molecule has 0 radical (unpaired) electrons. The van der Waals surface area contributed by atoms with Gasteiger partial charge in [0.15, 0.2) is 5.69 Å². The molecule has 2 aromatic heterocycles. The van der Waals surface area contributed by atoms with Gasteiger partial charge >= 0.3 is 24.2 Å². The van der Waals surface area contributed by atoms with Crippen LogP contribution in [0.5, 0.6) is 0 Å². The van der Waals surface area contributed by atoms with Gasteiger partial charge in [-0.25, -0.2) is 0 Å². The van der Waals surface area contributed by atoms with E-state index in [1.54, 1.807) is 0 Å². The van der Waals surface area contributed by atoms with Crippen LogP contribution in [-0.2, 0) is 25.9 Å². The molecule has 0 amide bonds. The largest absolute Gasteiger partial charge is 0.459 e. The number of aryl methyl sites for hydroxylation is 2. The van der Waals surface area contributed by atoms with E-state index < -0.39 is 35.6 Å². The Morgan fingerprint density at radius 2 is 1.26 bits per heavy atom. The maximum absolute atomic E-state index is 12.7. The van der Waals surface area contributed by atoms with Crippen LogP contribution >= 0.6 is 15.9 Å². The van der Waals surface area contributed by atoms with Gasteiger partial charge in [-0.05, 0) is 22.0 Å². The highest BCUT2D eigenvalue weighted by Crippen LogP contribution is 2.45. The number of hydrogen-bond donors (Lipinski definition) is 0. The molecule has 2 aromatic rings. The van der Waals surface area contributed by atoms with Gasteiger partial charge in [0.2, 0.25) is 0 Å². The van der Waals surface area contributed by atoms with Crippen LogP contribution in [0.1, 0.15) is 11.4 Å². The lowest BCUT2D eigenvalue weighted by Gasteiger charge is -2.17. The molecule has 0 aromatic carbocycles. The number of alkyl halides is 10. The summed E-state index contributed by atoms with van der Waals surface area (Å²) in [7, 11) is 2.51. The third kappa shape index (κ3) is 4.93. The first-order valence-corrected chi connectivity index (χ1v) is 7.29. The fraction of sp³-hybridized carbons (Fsp3) is 0.500. The van der Waals surface area contributed by atoms with Gasteiger partial charge in [-0.2, -0.15) is 54.1 Å². The van der Waals surface area contributed by atoms with Crippen LogP contribution in [-0.4, -0.2) is 31.9 Å². The molecular weight excluding hydrogens is 470 g/mol. The number of halogens is 11. The first-order valence-electron chi connectivity index (χ1n) is 6.50. The summed E-state index contributed by atoms with van der Waals surface area (Å²) in [6, 6.07) is 0.632. The first kappa shape index (κ1) is 23.2. The van der Waals surface area contributed by atoms with Gasteiger partial charge in [-0.3, -0.25) is 9.36 Å². The van der Waals surface area contributed by atoms with Crippen LogP contribution in [0.4, 0.5) is 43.9 Å². The molecule has 0 unspecified atom stereocenters. The van der Waals surface area contributed by atoms with Crippen molar-refractivity contribution in [1.82, 2.24) is 19.6 Å². The van der Waals surface area contributed by atoms with Crippen molar-refractivity contribution >= 4 is 15.9 Å². The summed E-state index contributed by atoms with van der Waals surface area (Å²) in [4.78, 5) is 0. The summed E-state index contributed by atoms with van der Waals surface area (Å²) in [6.07, 6.45) is -9.19. The molecule has 0 bridgehead atoms. The highest BCUT2D eigenvalue weighted by molar-refractivity contribution is 9.10. The molecule has 154 valence electrons. The Bertz CT molecular complexity index is 774. The number of hydrogen-bond acceptors (Lipinski definition) is 2. The number of rotatable bonds is 2. The molecule has 0 saturated carbocycles. The highest BCUT2D eigenvalue weighted by Gasteiger charge is 2.61. The van der Waals surface area contributed by atoms with E-state index in [0.29, 0.717) is 6.07 Å². The fourth-order valence-corrected chi connectivity index (χ4v) is 2.16. The average molecular weight is 479 g/mol. The van der Waals surface area contributed by atoms with Crippen LogP contribution in [0, 0.1) is 0 Å². The summed E-state index contributed by atoms with van der Waals surface area (Å²) in [5, 5.41) is 6.04. The molecule has 15 heteroatoms. The normalized spacial score (nSPS) is 13.4. The van der Waals surface area contributed by atoms with Crippen molar-refractivity contribution in [3.05, 3.63) is 34.3 Å². The van der Waals surface area contributed by atoms with Crippen LogP contribution in [0.25, 0.3) is 0 Å². The van der Waals surface area contributed by atoms with Crippen LogP contribution in [0.2, 0.25) is 0 Å². The van der Waals surface area contributed by atoms with Gasteiger partial charge in [0.05, 0.1) is 4.47 Å². The Balaban J connectivity index is 0.000000271. The Morgan fingerprint density at radius 3 is 1.56 bits per heavy atom. The topological polar surface area (TPSA) is 35.6 Å². The van der Waals surface area contributed by atoms with Gasteiger partial charge in [0.1, 0.15) is 5.69 Å². The van der Waals surface area contributed by atoms with Crippen molar-refractivity contribution in [2.75, 3.05) is 0 Å². The predicted molar refractivity (Wildman–Crippen MR) is 74.0 cm³/mol. The molecule has 0 fully saturated rings. The fourth-order valence-electron chi connectivity index (χ4n) is 1.53. The summed E-state index contributed by atoms with van der Waals surface area (Å²) < 4.78 is 123. The standard InChI is InChI=1S/C6H4BrF5N2.C6H5F5N2/c1-14-2-3(7)4(13-14)5(8,9)6(10,11)12;1-13-3-2-4(12-13)5(7,8)6(9,10)11/h2H,1H3;2-3H,1H3. The first-order chi connectivity index (χ1) is 11.9. The lowest BCUT2D eigenvalue weighted by Crippen LogP contribution is -2.34.